The summed E-state index contributed by atoms with van der Waals surface area (Å²) in [5.41, 5.74) is 8.14. The van der Waals surface area contributed by atoms with Gasteiger partial charge in [-0.05, 0) is 61.5 Å². The Hall–Kier alpha value is -2.63. The lowest BCUT2D eigenvalue weighted by Crippen LogP contribution is -2.24. The molecular formula is C21H21ClN4S. The van der Waals surface area contributed by atoms with E-state index in [9.17, 15) is 0 Å². The monoisotopic (exact) mass is 396 g/mol. The van der Waals surface area contributed by atoms with Crippen molar-refractivity contribution in [3.63, 3.8) is 0 Å². The minimum atomic E-state index is 0.410. The Kier molecular flexibility index (Phi) is 6.27. The number of aryl methyl sites for hydroxylation is 1. The Morgan fingerprint density at radius 1 is 1.11 bits per heavy atom. The van der Waals surface area contributed by atoms with Crippen LogP contribution in [0.25, 0.3) is 0 Å². The molecule has 0 saturated heterocycles. The summed E-state index contributed by atoms with van der Waals surface area (Å²) in [5, 5.41) is 8.46. The maximum Gasteiger partial charge on any atom is 0.191 e. The van der Waals surface area contributed by atoms with E-state index in [-0.39, 0.29) is 0 Å². The molecule has 0 radical (unpaired) electrons. The summed E-state index contributed by atoms with van der Waals surface area (Å²) in [6, 6.07) is 18.2. The molecule has 2 N–H and O–H groups in total. The van der Waals surface area contributed by atoms with Gasteiger partial charge in [-0.2, -0.15) is 5.10 Å². The van der Waals surface area contributed by atoms with Crippen LogP contribution in [0.2, 0.25) is 5.02 Å². The van der Waals surface area contributed by atoms with Gasteiger partial charge in [0.2, 0.25) is 0 Å². The molecule has 0 aliphatic carbocycles. The molecule has 138 valence electrons. The normalized spacial score (nSPS) is 10.9. The Bertz CT molecular complexity index is 961. The van der Waals surface area contributed by atoms with Gasteiger partial charge in [-0.1, -0.05) is 47.5 Å². The Balaban J connectivity index is 1.60. The van der Waals surface area contributed by atoms with Crippen LogP contribution in [-0.4, -0.2) is 15.9 Å². The molecule has 27 heavy (non-hydrogen) atoms. The number of aromatic nitrogens is 1. The van der Waals surface area contributed by atoms with E-state index in [0.717, 1.165) is 23.5 Å². The van der Waals surface area contributed by atoms with E-state index in [0.29, 0.717) is 10.1 Å². The highest BCUT2D eigenvalue weighted by Gasteiger charge is 2.04. The first-order valence-electron chi connectivity index (χ1n) is 8.59. The van der Waals surface area contributed by atoms with Gasteiger partial charge >= 0.3 is 0 Å². The van der Waals surface area contributed by atoms with Gasteiger partial charge in [0.25, 0.3) is 0 Å². The third-order valence-electron chi connectivity index (χ3n) is 4.22. The minimum absolute atomic E-state index is 0.410. The summed E-state index contributed by atoms with van der Waals surface area (Å²) in [4.78, 5) is 0. The predicted octanol–water partition coefficient (Wildman–Crippen LogP) is 5.13. The third kappa shape index (κ3) is 5.18. The molecule has 2 aromatic carbocycles. The zero-order valence-electron chi connectivity index (χ0n) is 15.2. The van der Waals surface area contributed by atoms with E-state index in [2.05, 4.69) is 51.6 Å². The molecule has 3 rings (SSSR count). The maximum atomic E-state index is 6.13. The number of thiocarbonyl (C=S) groups is 1. The fraction of sp³-hybridized carbons (Fsp3) is 0.143. The molecule has 0 fully saturated rings. The molecular weight excluding hydrogens is 376 g/mol. The standard InChI is InChI=1S/C21H21ClN4S/c1-15-8-10-17(11-9-15)14-26-12-4-5-18(26)13-23-25-21(27)24-20-7-3-6-19(22)16(20)2/h3-13H,14H2,1-2H3,(H2,24,25,27)/b23-13-. The summed E-state index contributed by atoms with van der Waals surface area (Å²) in [6.07, 6.45) is 3.79. The second-order valence-corrected chi connectivity index (χ2v) is 7.10. The maximum absolute atomic E-state index is 6.13. The van der Waals surface area contributed by atoms with Gasteiger partial charge in [0, 0.05) is 23.5 Å². The SMILES string of the molecule is Cc1ccc(Cn2cccc2/C=N\NC(=S)Nc2cccc(Cl)c2C)cc1. The van der Waals surface area contributed by atoms with Crippen molar-refractivity contribution in [3.8, 4) is 0 Å². The summed E-state index contributed by atoms with van der Waals surface area (Å²) >= 11 is 11.4. The molecule has 0 spiro atoms. The Morgan fingerprint density at radius 2 is 1.89 bits per heavy atom. The number of hydrogen-bond donors (Lipinski definition) is 2. The second-order valence-electron chi connectivity index (χ2n) is 6.28. The highest BCUT2D eigenvalue weighted by atomic mass is 35.5. The van der Waals surface area contributed by atoms with Crippen LogP contribution in [0.4, 0.5) is 5.69 Å². The van der Waals surface area contributed by atoms with E-state index < -0.39 is 0 Å². The topological polar surface area (TPSA) is 41.4 Å². The molecule has 0 atom stereocenters. The van der Waals surface area contributed by atoms with E-state index in [1.165, 1.54) is 11.1 Å². The lowest BCUT2D eigenvalue weighted by atomic mass is 10.1. The van der Waals surface area contributed by atoms with Crippen molar-refractivity contribution in [2.45, 2.75) is 20.4 Å². The number of nitrogens with zero attached hydrogens (tertiary/aromatic N) is 2. The van der Waals surface area contributed by atoms with Gasteiger partial charge in [-0.25, -0.2) is 0 Å². The first kappa shape index (κ1) is 19.1. The highest BCUT2D eigenvalue weighted by molar-refractivity contribution is 7.80. The first-order valence-corrected chi connectivity index (χ1v) is 9.37. The van der Waals surface area contributed by atoms with Gasteiger partial charge in [-0.3, -0.25) is 5.43 Å². The molecule has 6 heteroatoms. The van der Waals surface area contributed by atoms with E-state index in [1.54, 1.807) is 6.21 Å². The molecule has 0 bridgehead atoms. The minimum Gasteiger partial charge on any atom is -0.342 e. The van der Waals surface area contributed by atoms with Crippen LogP contribution in [0, 0.1) is 13.8 Å². The molecule has 0 amide bonds. The number of hydrazone groups is 1. The van der Waals surface area contributed by atoms with Crippen LogP contribution in [0.3, 0.4) is 0 Å². The summed E-state index contributed by atoms with van der Waals surface area (Å²) in [5.74, 6) is 0. The molecule has 3 aromatic rings. The smallest absolute Gasteiger partial charge is 0.191 e. The van der Waals surface area contributed by atoms with Crippen molar-refractivity contribution in [3.05, 3.63) is 88.2 Å². The summed E-state index contributed by atoms with van der Waals surface area (Å²) < 4.78 is 2.13. The highest BCUT2D eigenvalue weighted by Crippen LogP contribution is 2.22. The summed E-state index contributed by atoms with van der Waals surface area (Å²) in [6.45, 7) is 4.82. The Labute approximate surface area is 169 Å². The van der Waals surface area contributed by atoms with E-state index in [4.69, 9.17) is 23.8 Å². The van der Waals surface area contributed by atoms with Crippen LogP contribution >= 0.6 is 23.8 Å². The van der Waals surface area contributed by atoms with Crippen molar-refractivity contribution in [2.75, 3.05) is 5.32 Å². The fourth-order valence-electron chi connectivity index (χ4n) is 2.63. The van der Waals surface area contributed by atoms with Crippen LogP contribution in [0.15, 0.2) is 65.9 Å². The average Bonchev–Trinajstić information content (AvgIpc) is 3.08. The molecule has 0 aliphatic heterocycles. The molecule has 4 nitrogen and oxygen atoms in total. The largest absolute Gasteiger partial charge is 0.342 e. The third-order valence-corrected chi connectivity index (χ3v) is 4.82. The average molecular weight is 397 g/mol. The first-order chi connectivity index (χ1) is 13.0. The number of anilines is 1. The number of rotatable bonds is 5. The molecule has 1 heterocycles. The molecule has 0 saturated carbocycles. The van der Waals surface area contributed by atoms with Gasteiger partial charge in [0.15, 0.2) is 5.11 Å². The molecule has 1 aromatic heterocycles. The lowest BCUT2D eigenvalue weighted by Gasteiger charge is -2.11. The van der Waals surface area contributed by atoms with Gasteiger partial charge in [0.1, 0.15) is 0 Å². The molecule has 0 aliphatic rings. The lowest BCUT2D eigenvalue weighted by molar-refractivity contribution is 0.798. The van der Waals surface area contributed by atoms with Gasteiger partial charge < -0.3 is 9.88 Å². The van der Waals surface area contributed by atoms with E-state index in [1.807, 2.05) is 43.5 Å². The van der Waals surface area contributed by atoms with Crippen LogP contribution in [-0.2, 0) is 6.54 Å². The van der Waals surface area contributed by atoms with Crippen molar-refractivity contribution in [2.24, 2.45) is 5.10 Å². The predicted molar refractivity (Wildman–Crippen MR) is 118 cm³/mol. The summed E-state index contributed by atoms with van der Waals surface area (Å²) in [7, 11) is 0. The Morgan fingerprint density at radius 3 is 2.67 bits per heavy atom. The number of benzene rings is 2. The van der Waals surface area contributed by atoms with Crippen molar-refractivity contribution < 1.29 is 0 Å². The van der Waals surface area contributed by atoms with Crippen LogP contribution in [0.1, 0.15) is 22.4 Å². The number of hydrogen-bond acceptors (Lipinski definition) is 2. The fourth-order valence-corrected chi connectivity index (χ4v) is 2.97. The molecule has 0 unspecified atom stereocenters. The van der Waals surface area contributed by atoms with E-state index >= 15 is 0 Å². The van der Waals surface area contributed by atoms with Crippen LogP contribution in [0.5, 0.6) is 0 Å². The quantitative estimate of drug-likeness (QED) is 0.357. The second kappa shape index (κ2) is 8.84. The van der Waals surface area contributed by atoms with Crippen molar-refractivity contribution in [1.82, 2.24) is 9.99 Å². The van der Waals surface area contributed by atoms with Gasteiger partial charge in [0.05, 0.1) is 11.9 Å². The van der Waals surface area contributed by atoms with Crippen LogP contribution < -0.4 is 10.7 Å². The van der Waals surface area contributed by atoms with Crippen molar-refractivity contribution in [1.29, 1.82) is 0 Å². The number of nitrogens with one attached hydrogen (secondary N) is 2. The zero-order valence-corrected chi connectivity index (χ0v) is 16.8. The number of halogens is 1. The van der Waals surface area contributed by atoms with Crippen molar-refractivity contribution >= 4 is 40.8 Å². The van der Waals surface area contributed by atoms with Gasteiger partial charge in [-0.15, -0.1) is 0 Å². The zero-order chi connectivity index (χ0) is 19.2.